The molecule has 0 saturated heterocycles. The predicted octanol–water partition coefficient (Wildman–Crippen LogP) is 2.94. The first-order valence-electron chi connectivity index (χ1n) is 6.14. The van der Waals surface area contributed by atoms with Crippen molar-refractivity contribution < 1.29 is 4.74 Å². The largest absolute Gasteiger partial charge is 0.497 e. The van der Waals surface area contributed by atoms with E-state index in [0.29, 0.717) is 12.0 Å². The first kappa shape index (κ1) is 11.5. The van der Waals surface area contributed by atoms with Crippen LogP contribution in [0.3, 0.4) is 0 Å². The summed E-state index contributed by atoms with van der Waals surface area (Å²) in [5.41, 5.74) is 1.43. The highest BCUT2D eigenvalue weighted by molar-refractivity contribution is 5.31. The van der Waals surface area contributed by atoms with Gasteiger partial charge in [-0.15, -0.1) is 0 Å². The van der Waals surface area contributed by atoms with Gasteiger partial charge in [0.2, 0.25) is 0 Å². The molecule has 0 aliphatic heterocycles. The van der Waals surface area contributed by atoms with Crippen LogP contribution < -0.4 is 10.1 Å². The molecule has 1 aromatic rings. The van der Waals surface area contributed by atoms with Crippen LogP contribution in [0.4, 0.5) is 0 Å². The van der Waals surface area contributed by atoms with Crippen LogP contribution in [0, 0.1) is 0 Å². The van der Waals surface area contributed by atoms with Crippen LogP contribution in [0.5, 0.6) is 5.75 Å². The molecule has 0 spiro atoms. The zero-order valence-corrected chi connectivity index (χ0v) is 10.2. The van der Waals surface area contributed by atoms with Crippen molar-refractivity contribution >= 4 is 0 Å². The molecule has 0 heterocycles. The lowest BCUT2D eigenvalue weighted by molar-refractivity contribution is 0.354. The predicted molar refractivity (Wildman–Crippen MR) is 67.1 cm³/mol. The Morgan fingerprint density at radius 2 is 2.19 bits per heavy atom. The zero-order valence-electron chi connectivity index (χ0n) is 10.2. The SMILES string of the molecule is CNC1CCCC(c2cccc(OC)c2)C1. The number of rotatable bonds is 3. The first-order valence-corrected chi connectivity index (χ1v) is 6.14. The summed E-state index contributed by atoms with van der Waals surface area (Å²) in [6, 6.07) is 9.21. The highest BCUT2D eigenvalue weighted by Gasteiger charge is 2.22. The average molecular weight is 219 g/mol. The minimum Gasteiger partial charge on any atom is -0.497 e. The van der Waals surface area contributed by atoms with Crippen LogP contribution in [0.25, 0.3) is 0 Å². The summed E-state index contributed by atoms with van der Waals surface area (Å²) >= 11 is 0. The molecule has 0 aromatic heterocycles. The maximum Gasteiger partial charge on any atom is 0.119 e. The minimum atomic E-state index is 0.685. The Balaban J connectivity index is 2.10. The Bertz CT molecular complexity index is 337. The van der Waals surface area contributed by atoms with Crippen molar-refractivity contribution in [2.75, 3.05) is 14.2 Å². The molecule has 0 bridgehead atoms. The quantitative estimate of drug-likeness (QED) is 0.844. The summed E-state index contributed by atoms with van der Waals surface area (Å²) in [6.45, 7) is 0. The van der Waals surface area contributed by atoms with E-state index < -0.39 is 0 Å². The fourth-order valence-corrected chi connectivity index (χ4v) is 2.65. The van der Waals surface area contributed by atoms with E-state index in [4.69, 9.17) is 4.74 Å². The Morgan fingerprint density at radius 3 is 2.94 bits per heavy atom. The lowest BCUT2D eigenvalue weighted by atomic mass is 9.81. The van der Waals surface area contributed by atoms with Crippen LogP contribution in [0.15, 0.2) is 24.3 Å². The smallest absolute Gasteiger partial charge is 0.119 e. The van der Waals surface area contributed by atoms with E-state index in [9.17, 15) is 0 Å². The molecule has 0 radical (unpaired) electrons. The Morgan fingerprint density at radius 1 is 1.31 bits per heavy atom. The second-order valence-electron chi connectivity index (χ2n) is 4.63. The van der Waals surface area contributed by atoms with Crippen LogP contribution in [0.2, 0.25) is 0 Å². The molecule has 1 aliphatic rings. The van der Waals surface area contributed by atoms with Crippen molar-refractivity contribution in [2.45, 2.75) is 37.6 Å². The molecule has 1 aliphatic carbocycles. The van der Waals surface area contributed by atoms with Gasteiger partial charge in [0.1, 0.15) is 5.75 Å². The molecule has 2 unspecified atom stereocenters. The van der Waals surface area contributed by atoms with E-state index in [2.05, 4.69) is 30.6 Å². The third kappa shape index (κ3) is 2.56. The van der Waals surface area contributed by atoms with Gasteiger partial charge in [-0.2, -0.15) is 0 Å². The van der Waals surface area contributed by atoms with E-state index in [1.807, 2.05) is 6.07 Å². The van der Waals surface area contributed by atoms with Gasteiger partial charge in [-0.1, -0.05) is 18.6 Å². The van der Waals surface area contributed by atoms with Gasteiger partial charge < -0.3 is 10.1 Å². The van der Waals surface area contributed by atoms with Crippen LogP contribution >= 0.6 is 0 Å². The van der Waals surface area contributed by atoms with Gasteiger partial charge in [-0.3, -0.25) is 0 Å². The molecule has 2 atom stereocenters. The summed E-state index contributed by atoms with van der Waals surface area (Å²) in [4.78, 5) is 0. The molecular formula is C14H21NO. The van der Waals surface area contributed by atoms with Crippen LogP contribution in [0.1, 0.15) is 37.2 Å². The maximum absolute atomic E-state index is 5.28. The molecule has 16 heavy (non-hydrogen) atoms. The highest BCUT2D eigenvalue weighted by Crippen LogP contribution is 2.33. The highest BCUT2D eigenvalue weighted by atomic mass is 16.5. The van der Waals surface area contributed by atoms with Crippen molar-refractivity contribution in [3.8, 4) is 5.75 Å². The molecule has 2 rings (SSSR count). The first-order chi connectivity index (χ1) is 7.83. The third-order valence-corrected chi connectivity index (χ3v) is 3.65. The Kier molecular flexibility index (Phi) is 3.83. The number of hydrogen-bond acceptors (Lipinski definition) is 2. The monoisotopic (exact) mass is 219 g/mol. The van der Waals surface area contributed by atoms with Crippen LogP contribution in [-0.2, 0) is 0 Å². The second kappa shape index (κ2) is 5.35. The minimum absolute atomic E-state index is 0.685. The standard InChI is InChI=1S/C14H21NO/c1-15-13-7-3-5-11(9-13)12-6-4-8-14(10-12)16-2/h4,6,8,10-11,13,15H,3,5,7,9H2,1-2H3. The van der Waals surface area contributed by atoms with Gasteiger partial charge >= 0.3 is 0 Å². The molecule has 1 aromatic carbocycles. The summed E-state index contributed by atoms with van der Waals surface area (Å²) in [5.74, 6) is 1.67. The molecule has 2 heteroatoms. The van der Waals surface area contributed by atoms with Gasteiger partial charge in [-0.05, 0) is 49.9 Å². The van der Waals surface area contributed by atoms with Gasteiger partial charge in [0.15, 0.2) is 0 Å². The van der Waals surface area contributed by atoms with E-state index in [1.54, 1.807) is 7.11 Å². The number of nitrogens with one attached hydrogen (secondary N) is 1. The number of benzene rings is 1. The topological polar surface area (TPSA) is 21.3 Å². The fourth-order valence-electron chi connectivity index (χ4n) is 2.65. The van der Waals surface area contributed by atoms with E-state index in [0.717, 1.165) is 5.75 Å². The maximum atomic E-state index is 5.28. The second-order valence-corrected chi connectivity index (χ2v) is 4.63. The van der Waals surface area contributed by atoms with Gasteiger partial charge in [0.25, 0.3) is 0 Å². The molecule has 1 N–H and O–H groups in total. The van der Waals surface area contributed by atoms with Gasteiger partial charge in [0.05, 0.1) is 7.11 Å². The summed E-state index contributed by atoms with van der Waals surface area (Å²) in [6.07, 6.45) is 5.21. The number of hydrogen-bond donors (Lipinski definition) is 1. The zero-order chi connectivity index (χ0) is 11.4. The van der Waals surface area contributed by atoms with Crippen molar-refractivity contribution in [1.29, 1.82) is 0 Å². The summed E-state index contributed by atoms with van der Waals surface area (Å²) in [5, 5.41) is 3.40. The Hall–Kier alpha value is -1.02. The lowest BCUT2D eigenvalue weighted by Gasteiger charge is -2.29. The third-order valence-electron chi connectivity index (χ3n) is 3.65. The summed E-state index contributed by atoms with van der Waals surface area (Å²) in [7, 11) is 3.80. The molecular weight excluding hydrogens is 198 g/mol. The molecule has 1 saturated carbocycles. The van der Waals surface area contributed by atoms with Crippen molar-refractivity contribution in [1.82, 2.24) is 5.32 Å². The van der Waals surface area contributed by atoms with Gasteiger partial charge in [0, 0.05) is 6.04 Å². The van der Waals surface area contributed by atoms with Crippen LogP contribution in [-0.4, -0.2) is 20.2 Å². The van der Waals surface area contributed by atoms with E-state index in [-0.39, 0.29) is 0 Å². The van der Waals surface area contributed by atoms with E-state index >= 15 is 0 Å². The number of methoxy groups -OCH3 is 1. The van der Waals surface area contributed by atoms with Crippen molar-refractivity contribution in [2.24, 2.45) is 0 Å². The fraction of sp³-hybridized carbons (Fsp3) is 0.571. The number of ether oxygens (including phenoxy) is 1. The molecule has 88 valence electrons. The Labute approximate surface area is 98.0 Å². The van der Waals surface area contributed by atoms with Crippen molar-refractivity contribution in [3.63, 3.8) is 0 Å². The average Bonchev–Trinajstić information content (AvgIpc) is 2.39. The summed E-state index contributed by atoms with van der Waals surface area (Å²) < 4.78 is 5.28. The normalized spacial score (nSPS) is 25.4. The van der Waals surface area contributed by atoms with Crippen molar-refractivity contribution in [3.05, 3.63) is 29.8 Å². The molecule has 2 nitrogen and oxygen atoms in total. The molecule has 1 fully saturated rings. The van der Waals surface area contributed by atoms with Gasteiger partial charge in [-0.25, -0.2) is 0 Å². The lowest BCUT2D eigenvalue weighted by Crippen LogP contribution is -2.30. The molecule has 0 amide bonds. The van der Waals surface area contributed by atoms with E-state index in [1.165, 1.54) is 31.2 Å².